The molecule has 0 radical (unpaired) electrons. The fourth-order valence-electron chi connectivity index (χ4n) is 2.58. The highest BCUT2D eigenvalue weighted by molar-refractivity contribution is 5.95. The maximum Gasteiger partial charge on any atom is 0.0783 e. The van der Waals surface area contributed by atoms with Gasteiger partial charge < -0.3 is 0 Å². The predicted molar refractivity (Wildman–Crippen MR) is 81.4 cm³/mol. The van der Waals surface area contributed by atoms with Gasteiger partial charge in [-0.25, -0.2) is 0 Å². The van der Waals surface area contributed by atoms with Crippen molar-refractivity contribution in [3.05, 3.63) is 65.4 Å². The molecule has 0 unspecified atom stereocenters. The molecule has 0 fully saturated rings. The summed E-state index contributed by atoms with van der Waals surface area (Å²) in [6.45, 7) is 6.40. The van der Waals surface area contributed by atoms with Crippen molar-refractivity contribution in [1.82, 2.24) is 4.98 Å². The normalized spacial score (nSPS) is 10.9. The third kappa shape index (κ3) is 2.12. The molecule has 2 aromatic carbocycles. The Morgan fingerprint density at radius 3 is 2.32 bits per heavy atom. The lowest BCUT2D eigenvalue weighted by molar-refractivity contribution is 1.31. The molecule has 1 aromatic heterocycles. The van der Waals surface area contributed by atoms with Crippen molar-refractivity contribution in [3.63, 3.8) is 0 Å². The number of aromatic nitrogens is 1. The SMILES string of the molecule is Cc1ccc(-c2nccc3ccc(C)cc23)c(C)c1. The van der Waals surface area contributed by atoms with E-state index < -0.39 is 0 Å². The second kappa shape index (κ2) is 4.51. The molecular weight excluding hydrogens is 230 g/mol. The summed E-state index contributed by atoms with van der Waals surface area (Å²) in [4.78, 5) is 4.61. The second-order valence-corrected chi connectivity index (χ2v) is 5.20. The van der Waals surface area contributed by atoms with Crippen LogP contribution in [0.5, 0.6) is 0 Å². The van der Waals surface area contributed by atoms with E-state index in [2.05, 4.69) is 68.2 Å². The minimum absolute atomic E-state index is 1.08. The summed E-state index contributed by atoms with van der Waals surface area (Å²) in [6, 6.07) is 15.1. The Bertz CT molecular complexity index is 757. The molecule has 3 aromatic rings. The van der Waals surface area contributed by atoms with E-state index in [0.717, 1.165) is 5.69 Å². The number of fused-ring (bicyclic) bond motifs is 1. The van der Waals surface area contributed by atoms with Crippen molar-refractivity contribution in [1.29, 1.82) is 0 Å². The summed E-state index contributed by atoms with van der Waals surface area (Å²) in [6.07, 6.45) is 1.90. The zero-order valence-corrected chi connectivity index (χ0v) is 11.6. The topological polar surface area (TPSA) is 12.9 Å². The molecule has 1 nitrogen and oxygen atoms in total. The molecule has 1 heteroatoms. The molecule has 0 aliphatic heterocycles. The number of hydrogen-bond acceptors (Lipinski definition) is 1. The average molecular weight is 247 g/mol. The number of aryl methyl sites for hydroxylation is 3. The lowest BCUT2D eigenvalue weighted by Crippen LogP contribution is -1.90. The minimum atomic E-state index is 1.08. The third-order valence-electron chi connectivity index (χ3n) is 3.56. The van der Waals surface area contributed by atoms with Gasteiger partial charge in [0.25, 0.3) is 0 Å². The number of benzene rings is 2. The Morgan fingerprint density at radius 2 is 1.53 bits per heavy atom. The van der Waals surface area contributed by atoms with Crippen LogP contribution in [0.1, 0.15) is 16.7 Å². The maximum absolute atomic E-state index is 4.61. The van der Waals surface area contributed by atoms with Gasteiger partial charge in [-0.05, 0) is 43.9 Å². The summed E-state index contributed by atoms with van der Waals surface area (Å²) in [5, 5.41) is 2.48. The van der Waals surface area contributed by atoms with E-state index >= 15 is 0 Å². The first-order chi connectivity index (χ1) is 9.15. The van der Waals surface area contributed by atoms with Gasteiger partial charge in [0.2, 0.25) is 0 Å². The van der Waals surface area contributed by atoms with Crippen LogP contribution in [0.15, 0.2) is 48.7 Å². The number of hydrogen-bond donors (Lipinski definition) is 0. The molecule has 1 heterocycles. The van der Waals surface area contributed by atoms with Gasteiger partial charge >= 0.3 is 0 Å². The van der Waals surface area contributed by atoms with Gasteiger partial charge in [0.1, 0.15) is 0 Å². The largest absolute Gasteiger partial charge is 0.256 e. The van der Waals surface area contributed by atoms with E-state index in [0.29, 0.717) is 0 Å². The molecule has 0 saturated heterocycles. The summed E-state index contributed by atoms with van der Waals surface area (Å²) in [7, 11) is 0. The molecule has 0 aliphatic rings. The molecule has 3 rings (SSSR count). The van der Waals surface area contributed by atoms with Crippen molar-refractivity contribution in [3.8, 4) is 11.3 Å². The van der Waals surface area contributed by atoms with Gasteiger partial charge in [-0.3, -0.25) is 4.98 Å². The molecular formula is C18H17N. The quantitative estimate of drug-likeness (QED) is 0.600. The predicted octanol–water partition coefficient (Wildman–Crippen LogP) is 4.83. The van der Waals surface area contributed by atoms with Crippen LogP contribution in [-0.2, 0) is 0 Å². The molecule has 19 heavy (non-hydrogen) atoms. The summed E-state index contributed by atoms with van der Waals surface area (Å²) in [5.41, 5.74) is 6.14. The summed E-state index contributed by atoms with van der Waals surface area (Å²) < 4.78 is 0. The highest BCUT2D eigenvalue weighted by atomic mass is 14.7. The van der Waals surface area contributed by atoms with Crippen molar-refractivity contribution >= 4 is 10.8 Å². The van der Waals surface area contributed by atoms with Gasteiger partial charge in [0, 0.05) is 17.1 Å². The fourth-order valence-corrected chi connectivity index (χ4v) is 2.58. The Balaban J connectivity index is 2.33. The highest BCUT2D eigenvalue weighted by Crippen LogP contribution is 2.29. The van der Waals surface area contributed by atoms with Crippen molar-refractivity contribution in [2.75, 3.05) is 0 Å². The first-order valence-corrected chi connectivity index (χ1v) is 6.58. The molecule has 0 N–H and O–H groups in total. The molecule has 0 saturated carbocycles. The zero-order valence-electron chi connectivity index (χ0n) is 11.6. The Labute approximate surface area is 113 Å². The smallest absolute Gasteiger partial charge is 0.0783 e. The standard InChI is InChI=1S/C18H17N/c1-12-5-7-16(14(3)10-12)18-17-11-13(2)4-6-15(17)8-9-19-18/h4-11H,1-3H3. The molecule has 0 aliphatic carbocycles. The molecule has 0 atom stereocenters. The number of nitrogens with zero attached hydrogens (tertiary/aromatic N) is 1. The van der Waals surface area contributed by atoms with Crippen LogP contribution >= 0.6 is 0 Å². The second-order valence-electron chi connectivity index (χ2n) is 5.20. The molecule has 0 bridgehead atoms. The van der Waals surface area contributed by atoms with E-state index in [1.165, 1.54) is 33.0 Å². The number of pyridine rings is 1. The Hall–Kier alpha value is -2.15. The monoisotopic (exact) mass is 247 g/mol. The van der Waals surface area contributed by atoms with E-state index in [4.69, 9.17) is 0 Å². The van der Waals surface area contributed by atoms with Crippen molar-refractivity contribution in [2.24, 2.45) is 0 Å². The van der Waals surface area contributed by atoms with Gasteiger partial charge in [-0.2, -0.15) is 0 Å². The Morgan fingerprint density at radius 1 is 0.789 bits per heavy atom. The summed E-state index contributed by atoms with van der Waals surface area (Å²) >= 11 is 0. The van der Waals surface area contributed by atoms with E-state index in [9.17, 15) is 0 Å². The van der Waals surface area contributed by atoms with Gasteiger partial charge in [0.05, 0.1) is 5.69 Å². The van der Waals surface area contributed by atoms with E-state index in [-0.39, 0.29) is 0 Å². The van der Waals surface area contributed by atoms with Gasteiger partial charge in [0.15, 0.2) is 0 Å². The minimum Gasteiger partial charge on any atom is -0.256 e. The van der Waals surface area contributed by atoms with Crippen molar-refractivity contribution in [2.45, 2.75) is 20.8 Å². The lowest BCUT2D eigenvalue weighted by Gasteiger charge is -2.10. The van der Waals surface area contributed by atoms with Crippen LogP contribution in [-0.4, -0.2) is 4.98 Å². The van der Waals surface area contributed by atoms with Crippen LogP contribution in [0.4, 0.5) is 0 Å². The zero-order chi connectivity index (χ0) is 13.4. The molecule has 0 spiro atoms. The van der Waals surface area contributed by atoms with E-state index in [1.807, 2.05) is 6.20 Å². The van der Waals surface area contributed by atoms with Crippen LogP contribution in [0.2, 0.25) is 0 Å². The number of rotatable bonds is 1. The van der Waals surface area contributed by atoms with Crippen LogP contribution < -0.4 is 0 Å². The van der Waals surface area contributed by atoms with Gasteiger partial charge in [-0.15, -0.1) is 0 Å². The lowest BCUT2D eigenvalue weighted by atomic mass is 9.98. The fraction of sp³-hybridized carbons (Fsp3) is 0.167. The highest BCUT2D eigenvalue weighted by Gasteiger charge is 2.08. The Kier molecular flexibility index (Phi) is 2.83. The summed E-state index contributed by atoms with van der Waals surface area (Å²) in [5.74, 6) is 0. The van der Waals surface area contributed by atoms with E-state index in [1.54, 1.807) is 0 Å². The van der Waals surface area contributed by atoms with Crippen LogP contribution in [0.3, 0.4) is 0 Å². The van der Waals surface area contributed by atoms with Crippen molar-refractivity contribution < 1.29 is 0 Å². The first-order valence-electron chi connectivity index (χ1n) is 6.58. The first kappa shape index (κ1) is 11.9. The third-order valence-corrected chi connectivity index (χ3v) is 3.56. The van der Waals surface area contributed by atoms with Crippen LogP contribution in [0.25, 0.3) is 22.0 Å². The van der Waals surface area contributed by atoms with Crippen LogP contribution in [0, 0.1) is 20.8 Å². The molecule has 94 valence electrons. The molecule has 0 amide bonds. The van der Waals surface area contributed by atoms with Gasteiger partial charge in [-0.1, -0.05) is 41.5 Å². The maximum atomic E-state index is 4.61. The average Bonchev–Trinajstić information content (AvgIpc) is 2.38.